The molecular formula is C41H60ClN3O10. The van der Waals surface area contributed by atoms with Crippen molar-refractivity contribution in [2.75, 3.05) is 33.2 Å². The van der Waals surface area contributed by atoms with Gasteiger partial charge in [-0.05, 0) is 62.6 Å². The number of rotatable bonds is 8. The number of allylic oxidation sites excluding steroid dienone is 3. The quantitative estimate of drug-likeness (QED) is 0.238. The van der Waals surface area contributed by atoms with Crippen LogP contribution in [0.1, 0.15) is 86.6 Å². The molecule has 306 valence electrons. The van der Waals surface area contributed by atoms with Crippen LogP contribution in [0, 0.1) is 17.3 Å². The van der Waals surface area contributed by atoms with Crippen molar-refractivity contribution in [1.29, 1.82) is 0 Å². The smallest absolute Gasteiger partial charge is 0.409 e. The predicted molar refractivity (Wildman–Crippen MR) is 209 cm³/mol. The number of carbonyl (C=O) groups excluding carboxylic acids is 4. The number of nitrogens with one attached hydrogen (secondary N) is 1. The molecule has 55 heavy (non-hydrogen) atoms. The van der Waals surface area contributed by atoms with E-state index in [1.807, 2.05) is 19.9 Å². The van der Waals surface area contributed by atoms with Crippen molar-refractivity contribution >= 4 is 41.2 Å². The van der Waals surface area contributed by atoms with E-state index in [-0.39, 0.29) is 41.5 Å². The van der Waals surface area contributed by atoms with Gasteiger partial charge in [-0.2, -0.15) is 0 Å². The fourth-order valence-corrected chi connectivity index (χ4v) is 7.48. The average molecular weight is 790 g/mol. The maximum atomic E-state index is 14.2. The first kappa shape index (κ1) is 44.1. The Morgan fingerprint density at radius 1 is 1.20 bits per heavy atom. The molecule has 2 N–H and O–H groups in total. The summed E-state index contributed by atoms with van der Waals surface area (Å²) in [6.45, 7) is 15.5. The van der Waals surface area contributed by atoms with Gasteiger partial charge in [0.05, 0.1) is 25.3 Å². The molecule has 3 aliphatic heterocycles. The highest BCUT2D eigenvalue weighted by molar-refractivity contribution is 6.35. The lowest BCUT2D eigenvalue weighted by atomic mass is 9.79. The van der Waals surface area contributed by atoms with E-state index in [0.29, 0.717) is 24.3 Å². The summed E-state index contributed by atoms with van der Waals surface area (Å²) in [5, 5.41) is 14.5. The molecule has 2 saturated heterocycles. The summed E-state index contributed by atoms with van der Waals surface area (Å²) in [5.74, 6) is -1.20. The van der Waals surface area contributed by atoms with Gasteiger partial charge in [-0.25, -0.2) is 9.59 Å². The highest BCUT2D eigenvalue weighted by atomic mass is 35.5. The summed E-state index contributed by atoms with van der Waals surface area (Å²) in [6, 6.07) is 2.63. The predicted octanol–water partition coefficient (Wildman–Crippen LogP) is 5.98. The van der Waals surface area contributed by atoms with Gasteiger partial charge in [-0.3, -0.25) is 14.9 Å². The van der Waals surface area contributed by atoms with Crippen LogP contribution in [0.2, 0.25) is 5.02 Å². The van der Waals surface area contributed by atoms with Gasteiger partial charge < -0.3 is 38.6 Å². The molecule has 3 aliphatic rings. The van der Waals surface area contributed by atoms with Gasteiger partial charge in [0.15, 0.2) is 5.72 Å². The molecule has 13 nitrogen and oxygen atoms in total. The number of epoxide rings is 1. The number of halogens is 1. The SMILES string of the molecule is COc1cc2cc(c1Cl)N(C)C(=O)C[C@H](OC(=O)[C@H](C)N(C)C(=O)CCC(C)C(C)(C)C)C1(C)O[C@H]1[C@H](C)[C@@H]1C[C@@](O)(NC(=O)O1)[C@H](OC)/C=C/C=C(\C)C2. The second-order valence-corrected chi connectivity index (χ2v) is 17.1. The minimum atomic E-state index is -1.82. The Bertz CT molecular complexity index is 1680. The van der Waals surface area contributed by atoms with E-state index in [2.05, 4.69) is 33.0 Å². The number of benzene rings is 1. The van der Waals surface area contributed by atoms with Crippen LogP contribution in [0.4, 0.5) is 10.5 Å². The van der Waals surface area contributed by atoms with Crippen molar-refractivity contribution in [2.24, 2.45) is 17.3 Å². The molecule has 9 atom stereocenters. The number of fused-ring (bicyclic) bond motifs is 5. The van der Waals surface area contributed by atoms with Crippen molar-refractivity contribution in [3.63, 3.8) is 0 Å². The monoisotopic (exact) mass is 789 g/mol. The van der Waals surface area contributed by atoms with Crippen molar-refractivity contribution < 1.29 is 48.0 Å². The van der Waals surface area contributed by atoms with E-state index in [1.165, 1.54) is 24.0 Å². The van der Waals surface area contributed by atoms with Gasteiger partial charge in [0, 0.05) is 40.0 Å². The molecular weight excluding hydrogens is 730 g/mol. The molecule has 2 unspecified atom stereocenters. The standard InChI is InChI=1S/C41H60ClN3O10/c1-23-14-13-15-31(52-12)41(50)22-30(53-38(49)43-41)25(3)36-40(8,55-36)32(21-34(47)45(10)28-19-27(18-23)20-29(51-11)35(28)42)54-37(48)26(4)44(9)33(46)17-16-24(2)39(5,6)7/h13-15,19-20,24-26,30-32,36,50H,16-18,21-22H2,1-12H3,(H,43,49)/b15-13+,23-14+/t24?,25-,26+,30+,31-,32+,36+,40?,41+/m1/s1. The number of alkyl carbamates (subject to hydrolysis) is 1. The Kier molecular flexibility index (Phi) is 13.8. The summed E-state index contributed by atoms with van der Waals surface area (Å²) in [6.07, 6.45) is 1.92. The number of hydrogen-bond acceptors (Lipinski definition) is 10. The fourth-order valence-electron chi connectivity index (χ4n) is 7.17. The van der Waals surface area contributed by atoms with Crippen molar-refractivity contribution in [1.82, 2.24) is 10.2 Å². The Labute approximate surface area is 330 Å². The molecule has 2 fully saturated rings. The van der Waals surface area contributed by atoms with Gasteiger partial charge >= 0.3 is 12.1 Å². The molecule has 4 bridgehead atoms. The highest BCUT2D eigenvalue weighted by Crippen LogP contribution is 2.49. The summed E-state index contributed by atoms with van der Waals surface area (Å²) < 4.78 is 29.3. The van der Waals surface area contributed by atoms with Crippen LogP contribution in [-0.2, 0) is 39.8 Å². The van der Waals surface area contributed by atoms with Gasteiger partial charge in [0.1, 0.15) is 40.7 Å². The molecule has 0 saturated carbocycles. The second-order valence-electron chi connectivity index (χ2n) is 16.7. The van der Waals surface area contributed by atoms with Crippen LogP contribution < -0.4 is 15.0 Å². The largest absolute Gasteiger partial charge is 0.495 e. The summed E-state index contributed by atoms with van der Waals surface area (Å²) >= 11 is 6.78. The van der Waals surface area contributed by atoms with Crippen LogP contribution in [0.25, 0.3) is 0 Å². The molecule has 4 rings (SSSR count). The number of aliphatic hydroxyl groups is 1. The molecule has 0 spiro atoms. The number of amides is 3. The number of hydrogen-bond donors (Lipinski definition) is 2. The molecule has 1 aromatic rings. The third-order valence-corrected chi connectivity index (χ3v) is 12.2. The molecule has 3 heterocycles. The second kappa shape index (κ2) is 17.2. The molecule has 0 radical (unpaired) electrons. The number of carbonyl (C=O) groups is 4. The van der Waals surface area contributed by atoms with Crippen LogP contribution in [0.3, 0.4) is 0 Å². The minimum Gasteiger partial charge on any atom is -0.495 e. The van der Waals surface area contributed by atoms with Gasteiger partial charge in [0.2, 0.25) is 11.8 Å². The summed E-state index contributed by atoms with van der Waals surface area (Å²) in [4.78, 5) is 56.9. The number of ether oxygens (including phenoxy) is 5. The normalized spacial score (nSPS) is 31.4. The minimum absolute atomic E-state index is 0.0266. The van der Waals surface area contributed by atoms with Crippen LogP contribution in [0.15, 0.2) is 35.9 Å². The van der Waals surface area contributed by atoms with E-state index in [9.17, 15) is 24.3 Å². The first-order chi connectivity index (χ1) is 25.6. The lowest BCUT2D eigenvalue weighted by Gasteiger charge is -2.42. The Morgan fingerprint density at radius 2 is 1.87 bits per heavy atom. The van der Waals surface area contributed by atoms with E-state index >= 15 is 0 Å². The van der Waals surface area contributed by atoms with Gasteiger partial charge in [0.25, 0.3) is 0 Å². The van der Waals surface area contributed by atoms with E-state index in [4.69, 9.17) is 35.3 Å². The molecule has 0 aromatic heterocycles. The Morgan fingerprint density at radius 3 is 2.49 bits per heavy atom. The zero-order valence-electron chi connectivity index (χ0n) is 34.4. The van der Waals surface area contributed by atoms with Crippen molar-refractivity contribution in [3.05, 3.63) is 46.5 Å². The van der Waals surface area contributed by atoms with Crippen molar-refractivity contribution in [3.8, 4) is 5.75 Å². The molecule has 3 amide bonds. The average Bonchev–Trinajstić information content (AvgIpc) is 3.81. The first-order valence-corrected chi connectivity index (χ1v) is 19.3. The van der Waals surface area contributed by atoms with Crippen LogP contribution in [-0.4, -0.2) is 104 Å². The number of methoxy groups -OCH3 is 2. The maximum Gasteiger partial charge on any atom is 0.409 e. The van der Waals surface area contributed by atoms with Crippen LogP contribution in [0.5, 0.6) is 5.75 Å². The summed E-state index contributed by atoms with van der Waals surface area (Å²) in [5.41, 5.74) is -0.865. The van der Waals surface area contributed by atoms with Crippen molar-refractivity contribution in [2.45, 2.75) is 129 Å². The molecule has 1 aromatic carbocycles. The zero-order chi connectivity index (χ0) is 41.2. The topological polar surface area (TPSA) is 156 Å². The molecule has 14 heteroatoms. The Hall–Kier alpha value is -3.65. The lowest BCUT2D eigenvalue weighted by Crippen LogP contribution is -2.63. The fraction of sp³-hybridized carbons (Fsp3) is 0.659. The van der Waals surface area contributed by atoms with E-state index in [0.717, 1.165) is 11.1 Å². The number of esters is 1. The molecule has 0 aliphatic carbocycles. The third kappa shape index (κ3) is 10.0. The highest BCUT2D eigenvalue weighted by Gasteiger charge is 2.64. The van der Waals surface area contributed by atoms with Gasteiger partial charge in [-0.1, -0.05) is 70.0 Å². The van der Waals surface area contributed by atoms with Gasteiger partial charge in [-0.15, -0.1) is 0 Å². The number of nitrogens with zero attached hydrogens (tertiary/aromatic N) is 2. The number of anilines is 1. The van der Waals surface area contributed by atoms with Crippen LogP contribution >= 0.6 is 11.6 Å². The van der Waals surface area contributed by atoms with E-state index < -0.39 is 65.7 Å². The Balaban J connectivity index is 1.71. The summed E-state index contributed by atoms with van der Waals surface area (Å²) in [7, 11) is 6.08. The third-order valence-electron chi connectivity index (χ3n) is 11.8. The number of likely N-dealkylation sites (N-methyl/N-ethyl adjacent to an activating group) is 1. The maximum absolute atomic E-state index is 14.2. The van der Waals surface area contributed by atoms with E-state index in [1.54, 1.807) is 52.2 Å². The lowest BCUT2D eigenvalue weighted by molar-refractivity contribution is -0.162. The first-order valence-electron chi connectivity index (χ1n) is 18.9. The zero-order valence-corrected chi connectivity index (χ0v) is 35.1.